The Bertz CT molecular complexity index is 834. The van der Waals surface area contributed by atoms with Gasteiger partial charge in [-0.1, -0.05) is 42.5 Å². The number of halogens is 1. The molecule has 0 aliphatic rings. The number of amides is 2. The minimum absolute atomic E-state index is 0.00954. The fraction of sp³-hybridized carbons (Fsp3) is 0.105. The molecule has 0 saturated carbocycles. The van der Waals surface area contributed by atoms with Crippen molar-refractivity contribution in [3.63, 3.8) is 0 Å². The van der Waals surface area contributed by atoms with Crippen molar-refractivity contribution < 1.29 is 19.5 Å². The molecule has 0 radical (unpaired) electrons. The van der Waals surface area contributed by atoms with Crippen LogP contribution in [-0.4, -0.2) is 24.3 Å². The summed E-state index contributed by atoms with van der Waals surface area (Å²) in [7, 11) is 0. The van der Waals surface area contributed by atoms with Gasteiger partial charge in [0.15, 0.2) is 0 Å². The maximum atomic E-state index is 12.5. The van der Waals surface area contributed by atoms with Crippen molar-refractivity contribution >= 4 is 39.8 Å². The molecule has 0 aromatic heterocycles. The van der Waals surface area contributed by atoms with Crippen molar-refractivity contribution in [2.45, 2.75) is 6.42 Å². The van der Waals surface area contributed by atoms with Crippen LogP contribution in [0.3, 0.4) is 0 Å². The molecule has 134 valence electrons. The van der Waals surface area contributed by atoms with Crippen molar-refractivity contribution in [1.29, 1.82) is 0 Å². The number of hydrogen-bond donors (Lipinski definition) is 2. The average Bonchev–Trinajstić information content (AvgIpc) is 2.62. The number of carboxylic acid groups (broad SMARTS) is 1. The summed E-state index contributed by atoms with van der Waals surface area (Å²) in [6.07, 6.45) is 1.20. The normalized spacial score (nSPS) is 10.9. The summed E-state index contributed by atoms with van der Waals surface area (Å²) in [6.45, 7) is -0.0990. The van der Waals surface area contributed by atoms with Gasteiger partial charge in [-0.15, -0.1) is 0 Å². The van der Waals surface area contributed by atoms with Gasteiger partial charge in [0.05, 0.1) is 5.56 Å². The quantitative estimate of drug-likeness (QED) is 0.668. The van der Waals surface area contributed by atoms with Crippen LogP contribution in [0.2, 0.25) is 0 Å². The number of benzene rings is 2. The summed E-state index contributed by atoms with van der Waals surface area (Å²) in [6, 6.07) is 15.8. The van der Waals surface area contributed by atoms with Crippen LogP contribution in [0, 0.1) is 0 Å². The van der Waals surface area contributed by atoms with Gasteiger partial charge in [-0.25, -0.2) is 0 Å². The first-order chi connectivity index (χ1) is 12.5. The lowest BCUT2D eigenvalue weighted by Crippen LogP contribution is -2.37. The SMILES string of the molecule is O=C([O-])CCNC(=O)/C(=C/c1ccccc1)NC(=O)c1ccccc1Br. The third-order valence-corrected chi connectivity index (χ3v) is 4.03. The van der Waals surface area contributed by atoms with E-state index in [-0.39, 0.29) is 18.7 Å². The minimum atomic E-state index is -1.27. The Morgan fingerprint density at radius 2 is 1.65 bits per heavy atom. The molecule has 7 heteroatoms. The number of carboxylic acids is 1. The first kappa shape index (κ1) is 19.4. The molecule has 2 N–H and O–H groups in total. The standard InChI is InChI=1S/C19H17BrN2O4/c20-15-9-5-4-8-14(15)18(25)22-16(12-13-6-2-1-3-7-13)19(26)21-11-10-17(23)24/h1-9,12H,10-11H2,(H,21,26)(H,22,25)(H,23,24)/p-1/b16-12-. The molecule has 0 bridgehead atoms. The molecule has 0 fully saturated rings. The number of hydrogen-bond acceptors (Lipinski definition) is 4. The molecule has 6 nitrogen and oxygen atoms in total. The third-order valence-electron chi connectivity index (χ3n) is 3.34. The van der Waals surface area contributed by atoms with E-state index >= 15 is 0 Å². The Morgan fingerprint density at radius 3 is 2.31 bits per heavy atom. The molecule has 26 heavy (non-hydrogen) atoms. The largest absolute Gasteiger partial charge is 0.550 e. The summed E-state index contributed by atoms with van der Waals surface area (Å²) in [5, 5.41) is 15.5. The second-order valence-electron chi connectivity index (χ2n) is 5.28. The average molecular weight is 416 g/mol. The Hall–Kier alpha value is -2.93. The maximum absolute atomic E-state index is 12.5. The zero-order valence-electron chi connectivity index (χ0n) is 13.7. The molecule has 0 saturated heterocycles. The molecular weight excluding hydrogens is 400 g/mol. The molecule has 0 aliphatic heterocycles. The van der Waals surface area contributed by atoms with Crippen LogP contribution in [0.15, 0.2) is 64.8 Å². The topological polar surface area (TPSA) is 98.3 Å². The molecule has 2 aromatic carbocycles. The van der Waals surface area contributed by atoms with Crippen LogP contribution in [0.4, 0.5) is 0 Å². The Labute approximate surface area is 159 Å². The van der Waals surface area contributed by atoms with E-state index in [1.54, 1.807) is 48.5 Å². The van der Waals surface area contributed by atoms with E-state index in [0.717, 1.165) is 0 Å². The molecule has 0 atom stereocenters. The lowest BCUT2D eigenvalue weighted by atomic mass is 10.1. The first-order valence-electron chi connectivity index (χ1n) is 7.78. The summed E-state index contributed by atoms with van der Waals surface area (Å²) in [5.41, 5.74) is 1.09. The van der Waals surface area contributed by atoms with E-state index in [1.807, 2.05) is 6.07 Å². The van der Waals surface area contributed by atoms with Gasteiger partial charge in [-0.2, -0.15) is 0 Å². The first-order valence-corrected chi connectivity index (χ1v) is 8.57. The lowest BCUT2D eigenvalue weighted by molar-refractivity contribution is -0.305. The fourth-order valence-electron chi connectivity index (χ4n) is 2.08. The Morgan fingerprint density at radius 1 is 1.00 bits per heavy atom. The van der Waals surface area contributed by atoms with E-state index in [9.17, 15) is 19.5 Å². The number of nitrogens with one attached hydrogen (secondary N) is 2. The third kappa shape index (κ3) is 5.86. The minimum Gasteiger partial charge on any atom is -0.550 e. The molecular formula is C19H16BrN2O4-. The molecule has 0 heterocycles. The number of rotatable bonds is 7. The molecule has 0 unspecified atom stereocenters. The second kappa shape index (κ2) is 9.53. The van der Waals surface area contributed by atoms with Gasteiger partial charge in [-0.3, -0.25) is 9.59 Å². The summed E-state index contributed by atoms with van der Waals surface area (Å²) in [5.74, 6) is -2.32. The van der Waals surface area contributed by atoms with Gasteiger partial charge in [-0.05, 0) is 39.7 Å². The van der Waals surface area contributed by atoms with E-state index in [4.69, 9.17) is 0 Å². The van der Waals surface area contributed by atoms with Gasteiger partial charge in [0, 0.05) is 23.4 Å². The van der Waals surface area contributed by atoms with Gasteiger partial charge in [0.1, 0.15) is 5.70 Å². The summed E-state index contributed by atoms with van der Waals surface area (Å²) < 4.78 is 0.592. The van der Waals surface area contributed by atoms with E-state index in [2.05, 4.69) is 26.6 Å². The lowest BCUT2D eigenvalue weighted by Gasteiger charge is -2.12. The van der Waals surface area contributed by atoms with Crippen LogP contribution in [0.1, 0.15) is 22.3 Å². The monoisotopic (exact) mass is 415 g/mol. The number of aliphatic carboxylic acids is 1. The zero-order chi connectivity index (χ0) is 18.9. The van der Waals surface area contributed by atoms with Crippen molar-refractivity contribution in [3.8, 4) is 0 Å². The van der Waals surface area contributed by atoms with Crippen LogP contribution in [0.5, 0.6) is 0 Å². The van der Waals surface area contributed by atoms with Crippen molar-refractivity contribution in [1.82, 2.24) is 10.6 Å². The van der Waals surface area contributed by atoms with Crippen LogP contribution < -0.4 is 15.7 Å². The Balaban J connectivity index is 2.21. The molecule has 0 aliphatic carbocycles. The number of carbonyl (C=O) groups excluding carboxylic acids is 3. The van der Waals surface area contributed by atoms with E-state index in [1.165, 1.54) is 6.08 Å². The molecule has 2 amide bonds. The van der Waals surface area contributed by atoms with Crippen molar-refractivity contribution in [2.75, 3.05) is 6.54 Å². The maximum Gasteiger partial charge on any atom is 0.267 e. The van der Waals surface area contributed by atoms with Gasteiger partial charge in [0.25, 0.3) is 11.8 Å². The fourth-order valence-corrected chi connectivity index (χ4v) is 2.55. The molecule has 0 spiro atoms. The van der Waals surface area contributed by atoms with Crippen LogP contribution in [-0.2, 0) is 9.59 Å². The highest BCUT2D eigenvalue weighted by atomic mass is 79.9. The van der Waals surface area contributed by atoms with Crippen LogP contribution in [0.25, 0.3) is 6.08 Å². The van der Waals surface area contributed by atoms with Gasteiger partial charge < -0.3 is 20.5 Å². The molecule has 2 aromatic rings. The van der Waals surface area contributed by atoms with E-state index < -0.39 is 17.8 Å². The highest BCUT2D eigenvalue weighted by Gasteiger charge is 2.16. The predicted molar refractivity (Wildman–Crippen MR) is 98.7 cm³/mol. The summed E-state index contributed by atoms with van der Waals surface area (Å²) >= 11 is 3.30. The van der Waals surface area contributed by atoms with Gasteiger partial charge >= 0.3 is 0 Å². The Kier molecular flexibility index (Phi) is 7.11. The predicted octanol–water partition coefficient (Wildman–Crippen LogP) is 1.48. The second-order valence-corrected chi connectivity index (χ2v) is 6.13. The summed E-state index contributed by atoms with van der Waals surface area (Å²) in [4.78, 5) is 35.3. The van der Waals surface area contributed by atoms with Crippen molar-refractivity contribution in [2.24, 2.45) is 0 Å². The van der Waals surface area contributed by atoms with Gasteiger partial charge in [0.2, 0.25) is 0 Å². The molecule has 2 rings (SSSR count). The number of carbonyl (C=O) groups is 3. The van der Waals surface area contributed by atoms with E-state index in [0.29, 0.717) is 15.6 Å². The van der Waals surface area contributed by atoms with Crippen LogP contribution >= 0.6 is 15.9 Å². The smallest absolute Gasteiger partial charge is 0.267 e. The highest BCUT2D eigenvalue weighted by Crippen LogP contribution is 2.16. The highest BCUT2D eigenvalue weighted by molar-refractivity contribution is 9.10. The van der Waals surface area contributed by atoms with Crippen molar-refractivity contribution in [3.05, 3.63) is 75.9 Å². The zero-order valence-corrected chi connectivity index (χ0v) is 15.3.